The molecule has 0 spiro atoms. The number of nitriles is 1. The van der Waals surface area contributed by atoms with E-state index in [0.717, 1.165) is 5.69 Å². The number of hydrogen-bond donors (Lipinski definition) is 1. The predicted octanol–water partition coefficient (Wildman–Crippen LogP) is 4.17. The molecule has 0 aliphatic heterocycles. The van der Waals surface area contributed by atoms with E-state index in [1.54, 1.807) is 24.4 Å². The number of carbonyl (C=O) groups excluding carboxylic acids is 1. The second kappa shape index (κ2) is 7.64. The van der Waals surface area contributed by atoms with Crippen molar-refractivity contribution in [2.24, 2.45) is 16.7 Å². The molecule has 7 heteroatoms. The molecular formula is C22H25ClN4O2. The van der Waals surface area contributed by atoms with Crippen molar-refractivity contribution in [3.8, 4) is 11.8 Å². The Balaban J connectivity index is 1.68. The van der Waals surface area contributed by atoms with Gasteiger partial charge < -0.3 is 10.1 Å². The van der Waals surface area contributed by atoms with Gasteiger partial charge in [0.25, 0.3) is 5.91 Å². The summed E-state index contributed by atoms with van der Waals surface area (Å²) in [5, 5.41) is 12.5. The molecule has 2 aromatic rings. The highest BCUT2D eigenvalue weighted by molar-refractivity contribution is 6.31. The maximum atomic E-state index is 12.6. The van der Waals surface area contributed by atoms with Gasteiger partial charge in [-0.2, -0.15) is 5.26 Å². The minimum absolute atomic E-state index is 0.0382. The first-order chi connectivity index (χ1) is 13.6. The van der Waals surface area contributed by atoms with Gasteiger partial charge >= 0.3 is 0 Å². The number of hydrogen-bond acceptors (Lipinski definition) is 5. The fourth-order valence-electron chi connectivity index (χ4n) is 4.60. The van der Waals surface area contributed by atoms with Crippen molar-refractivity contribution in [2.45, 2.75) is 40.7 Å². The van der Waals surface area contributed by atoms with Gasteiger partial charge in [-0.1, -0.05) is 39.3 Å². The summed E-state index contributed by atoms with van der Waals surface area (Å²) in [6, 6.07) is 7.06. The van der Waals surface area contributed by atoms with E-state index in [-0.39, 0.29) is 28.7 Å². The van der Waals surface area contributed by atoms with E-state index in [9.17, 15) is 4.79 Å². The average Bonchev–Trinajstić information content (AvgIpc) is 2.66. The molecule has 0 unspecified atom stereocenters. The molecule has 1 aliphatic rings. The molecule has 0 saturated heterocycles. The van der Waals surface area contributed by atoms with E-state index in [1.807, 2.05) is 13.0 Å². The Morgan fingerprint density at radius 3 is 2.48 bits per heavy atom. The molecule has 0 bridgehead atoms. The third-order valence-corrected chi connectivity index (χ3v) is 6.36. The lowest BCUT2D eigenvalue weighted by atomic mass is 9.44. The van der Waals surface area contributed by atoms with E-state index in [1.165, 1.54) is 6.20 Å². The number of halogens is 1. The number of amides is 1. The van der Waals surface area contributed by atoms with E-state index in [0.29, 0.717) is 28.6 Å². The van der Waals surface area contributed by atoms with Crippen LogP contribution in [0.15, 0.2) is 30.6 Å². The molecule has 1 N–H and O–H groups in total. The summed E-state index contributed by atoms with van der Waals surface area (Å²) in [6.07, 6.45) is 3.09. The third-order valence-electron chi connectivity index (χ3n) is 6.05. The van der Waals surface area contributed by atoms with Crippen LogP contribution in [0.5, 0.6) is 5.75 Å². The van der Waals surface area contributed by atoms with Crippen molar-refractivity contribution in [3.63, 3.8) is 0 Å². The fraction of sp³-hybridized carbons (Fsp3) is 0.455. The topological polar surface area (TPSA) is 87.9 Å². The van der Waals surface area contributed by atoms with E-state index >= 15 is 0 Å². The molecule has 1 amide bonds. The second-order valence-corrected chi connectivity index (χ2v) is 9.12. The number of nitrogens with one attached hydrogen (secondary N) is 1. The van der Waals surface area contributed by atoms with Gasteiger partial charge in [-0.05, 0) is 29.9 Å². The van der Waals surface area contributed by atoms with Crippen LogP contribution in [0.1, 0.15) is 49.4 Å². The van der Waals surface area contributed by atoms with Gasteiger partial charge in [-0.25, -0.2) is 4.98 Å². The van der Waals surface area contributed by atoms with Crippen molar-refractivity contribution >= 4 is 17.5 Å². The summed E-state index contributed by atoms with van der Waals surface area (Å²) in [5.74, 6) is 0.615. The van der Waals surface area contributed by atoms with Gasteiger partial charge in [0.15, 0.2) is 0 Å². The summed E-state index contributed by atoms with van der Waals surface area (Å²) in [4.78, 5) is 20.9. The quantitative estimate of drug-likeness (QED) is 0.796. The van der Waals surface area contributed by atoms with Gasteiger partial charge in [0.1, 0.15) is 17.5 Å². The van der Waals surface area contributed by atoms with E-state index in [4.69, 9.17) is 21.6 Å². The maximum Gasteiger partial charge on any atom is 0.271 e. The first kappa shape index (κ1) is 21.1. The van der Waals surface area contributed by atoms with Gasteiger partial charge in [0.2, 0.25) is 0 Å². The third kappa shape index (κ3) is 3.92. The second-order valence-electron chi connectivity index (χ2n) is 8.71. The van der Waals surface area contributed by atoms with Crippen molar-refractivity contribution in [1.29, 1.82) is 5.26 Å². The van der Waals surface area contributed by atoms with E-state index in [2.05, 4.69) is 43.0 Å². The zero-order valence-corrected chi connectivity index (χ0v) is 18.0. The summed E-state index contributed by atoms with van der Waals surface area (Å²) in [6.45, 7) is 10.8. The van der Waals surface area contributed by atoms with Crippen LogP contribution >= 0.6 is 11.6 Å². The summed E-state index contributed by atoms with van der Waals surface area (Å²) in [7, 11) is 0. The number of ether oxygens (including phenoxy) is 1. The Hall–Kier alpha value is -2.65. The minimum atomic E-state index is -0.220. The summed E-state index contributed by atoms with van der Waals surface area (Å²) >= 11 is 6.09. The SMILES string of the molecule is Cc1cnc(C(=O)NC2C(C)(C)C(COc3ccc(C#N)c(Cl)c3)C2(C)C)cn1. The Labute approximate surface area is 176 Å². The van der Waals surface area contributed by atoms with Crippen LogP contribution < -0.4 is 10.1 Å². The largest absolute Gasteiger partial charge is 0.493 e. The van der Waals surface area contributed by atoms with Crippen LogP contribution in [-0.4, -0.2) is 28.5 Å². The monoisotopic (exact) mass is 412 g/mol. The highest BCUT2D eigenvalue weighted by atomic mass is 35.5. The molecule has 6 nitrogen and oxygen atoms in total. The molecule has 0 atom stereocenters. The lowest BCUT2D eigenvalue weighted by Crippen LogP contribution is -2.71. The maximum absolute atomic E-state index is 12.6. The average molecular weight is 413 g/mol. The molecule has 3 rings (SSSR count). The summed E-state index contributed by atoms with van der Waals surface area (Å²) < 4.78 is 5.98. The molecule has 0 radical (unpaired) electrons. The number of aromatic nitrogens is 2. The predicted molar refractivity (Wildman–Crippen MR) is 111 cm³/mol. The molecule has 152 valence electrons. The molecule has 1 aromatic carbocycles. The van der Waals surface area contributed by atoms with Crippen LogP contribution in [0.4, 0.5) is 0 Å². The van der Waals surface area contributed by atoms with Gasteiger partial charge in [0, 0.05) is 24.2 Å². The highest BCUT2D eigenvalue weighted by Crippen LogP contribution is 2.58. The van der Waals surface area contributed by atoms with Crippen molar-refractivity contribution in [2.75, 3.05) is 6.61 Å². The van der Waals surface area contributed by atoms with Crippen molar-refractivity contribution < 1.29 is 9.53 Å². The lowest BCUT2D eigenvalue weighted by Gasteiger charge is -2.64. The molecule has 1 fully saturated rings. The zero-order chi connectivity index (χ0) is 21.4. The van der Waals surface area contributed by atoms with Crippen LogP contribution in [0.2, 0.25) is 5.02 Å². The molecule has 1 aliphatic carbocycles. The lowest BCUT2D eigenvalue weighted by molar-refractivity contribution is -0.138. The van der Waals surface area contributed by atoms with Crippen molar-refractivity contribution in [1.82, 2.24) is 15.3 Å². The van der Waals surface area contributed by atoms with Crippen LogP contribution in [0.3, 0.4) is 0 Å². The molecular weight excluding hydrogens is 388 g/mol. The molecule has 1 heterocycles. The van der Waals surface area contributed by atoms with Crippen LogP contribution in [0, 0.1) is 35.0 Å². The first-order valence-electron chi connectivity index (χ1n) is 9.49. The van der Waals surface area contributed by atoms with Gasteiger partial charge in [-0.3, -0.25) is 9.78 Å². The Morgan fingerprint density at radius 1 is 1.24 bits per heavy atom. The van der Waals surface area contributed by atoms with Crippen LogP contribution in [0.25, 0.3) is 0 Å². The van der Waals surface area contributed by atoms with E-state index < -0.39 is 0 Å². The Morgan fingerprint density at radius 2 is 1.93 bits per heavy atom. The number of aryl methyl sites for hydroxylation is 1. The normalized spacial score (nSPS) is 21.6. The number of nitrogens with zero attached hydrogens (tertiary/aromatic N) is 3. The Bertz CT molecular complexity index is 948. The van der Waals surface area contributed by atoms with Gasteiger partial charge in [-0.15, -0.1) is 0 Å². The summed E-state index contributed by atoms with van der Waals surface area (Å²) in [5.41, 5.74) is 1.16. The first-order valence-corrected chi connectivity index (χ1v) is 9.87. The number of benzene rings is 1. The zero-order valence-electron chi connectivity index (χ0n) is 17.3. The molecule has 29 heavy (non-hydrogen) atoms. The molecule has 1 saturated carbocycles. The van der Waals surface area contributed by atoms with Crippen molar-refractivity contribution in [3.05, 3.63) is 52.6 Å². The fourth-order valence-corrected chi connectivity index (χ4v) is 4.81. The smallest absolute Gasteiger partial charge is 0.271 e. The standard InChI is InChI=1S/C22H25ClN4O2/c1-13-10-26-17(11-25-13)19(28)27-20-21(2,3)18(22(20,4)5)12-29-15-7-6-14(9-24)16(23)8-15/h6-8,10-11,18,20H,12H2,1-5H3,(H,27,28). The minimum Gasteiger partial charge on any atom is -0.493 e. The van der Waals surface area contributed by atoms with Gasteiger partial charge in [0.05, 0.1) is 29.1 Å². The van der Waals surface area contributed by atoms with Crippen LogP contribution in [-0.2, 0) is 0 Å². The Kier molecular flexibility index (Phi) is 5.55. The highest BCUT2D eigenvalue weighted by Gasteiger charge is 2.62. The molecule has 1 aromatic heterocycles. The number of rotatable bonds is 5. The number of carbonyl (C=O) groups is 1.